The minimum Gasteiger partial charge on any atom is -0.396 e. The number of aliphatic hydroxyl groups excluding tert-OH is 2. The van der Waals surface area contributed by atoms with Gasteiger partial charge in [0.2, 0.25) is 0 Å². The lowest BCUT2D eigenvalue weighted by Gasteiger charge is -2.29. The van der Waals surface area contributed by atoms with Gasteiger partial charge < -0.3 is 19.7 Å². The molecule has 4 nitrogen and oxygen atoms in total. The zero-order valence-electron chi connectivity index (χ0n) is 8.69. The molecule has 0 aromatic heterocycles. The molecule has 0 bridgehead atoms. The van der Waals surface area contributed by atoms with Gasteiger partial charge >= 0.3 is 0 Å². The second-order valence-electron chi connectivity index (χ2n) is 3.81. The van der Waals surface area contributed by atoms with Crippen LogP contribution < -0.4 is 0 Å². The zero-order valence-corrected chi connectivity index (χ0v) is 8.69. The Bertz CT molecular complexity index is 145. The van der Waals surface area contributed by atoms with E-state index in [9.17, 15) is 0 Å². The Labute approximate surface area is 84.8 Å². The molecule has 0 amide bonds. The predicted molar refractivity (Wildman–Crippen MR) is 51.8 cm³/mol. The maximum Gasteiger partial charge on any atom is 0.158 e. The van der Waals surface area contributed by atoms with Crippen LogP contribution in [0.2, 0.25) is 0 Å². The number of hydrogen-bond acceptors (Lipinski definition) is 4. The van der Waals surface area contributed by atoms with Gasteiger partial charge in [-0.3, -0.25) is 0 Å². The molecule has 1 saturated heterocycles. The lowest BCUT2D eigenvalue weighted by molar-refractivity contribution is -0.206. The van der Waals surface area contributed by atoms with Gasteiger partial charge in [-0.2, -0.15) is 0 Å². The van der Waals surface area contributed by atoms with Crippen LogP contribution in [-0.4, -0.2) is 42.4 Å². The second-order valence-corrected chi connectivity index (χ2v) is 3.81. The summed E-state index contributed by atoms with van der Waals surface area (Å²) in [6.45, 7) is 2.54. The van der Waals surface area contributed by atoms with Crippen molar-refractivity contribution in [3.63, 3.8) is 0 Å². The van der Waals surface area contributed by atoms with Crippen molar-refractivity contribution in [1.82, 2.24) is 0 Å². The molecule has 0 aromatic carbocycles. The van der Waals surface area contributed by atoms with Crippen molar-refractivity contribution in [2.75, 3.05) is 19.8 Å². The van der Waals surface area contributed by atoms with Gasteiger partial charge in [-0.15, -0.1) is 0 Å². The molecular formula is C10H20O4. The average Bonchev–Trinajstić information content (AvgIpc) is 2.26. The van der Waals surface area contributed by atoms with Crippen LogP contribution >= 0.6 is 0 Å². The van der Waals surface area contributed by atoms with Crippen LogP contribution in [0.25, 0.3) is 0 Å². The summed E-state index contributed by atoms with van der Waals surface area (Å²) in [6, 6.07) is 0. The predicted octanol–water partition coefficient (Wildman–Crippen LogP) is 0.519. The molecule has 1 aliphatic rings. The smallest absolute Gasteiger partial charge is 0.158 e. The highest BCUT2D eigenvalue weighted by molar-refractivity contribution is 4.66. The molecule has 14 heavy (non-hydrogen) atoms. The van der Waals surface area contributed by atoms with Crippen molar-refractivity contribution in [2.24, 2.45) is 5.92 Å². The summed E-state index contributed by atoms with van der Waals surface area (Å²) in [5, 5.41) is 18.0. The lowest BCUT2D eigenvalue weighted by atomic mass is 10.1. The Hall–Kier alpha value is -0.160. The van der Waals surface area contributed by atoms with Crippen molar-refractivity contribution in [3.05, 3.63) is 0 Å². The van der Waals surface area contributed by atoms with Crippen molar-refractivity contribution >= 4 is 0 Å². The molecule has 0 aliphatic carbocycles. The molecule has 84 valence electrons. The number of aliphatic hydroxyl groups is 2. The summed E-state index contributed by atoms with van der Waals surface area (Å²) in [6.07, 6.45) is 2.56. The Morgan fingerprint density at radius 2 is 2.14 bits per heavy atom. The molecule has 1 heterocycles. The maximum absolute atomic E-state index is 9.07. The van der Waals surface area contributed by atoms with E-state index in [0.717, 1.165) is 25.9 Å². The molecule has 0 radical (unpaired) electrons. The first-order valence-corrected chi connectivity index (χ1v) is 5.26. The largest absolute Gasteiger partial charge is 0.396 e. The molecular weight excluding hydrogens is 184 g/mol. The fourth-order valence-electron chi connectivity index (χ4n) is 1.49. The van der Waals surface area contributed by atoms with E-state index in [2.05, 4.69) is 0 Å². The van der Waals surface area contributed by atoms with Gasteiger partial charge in [-0.05, 0) is 19.3 Å². The van der Waals surface area contributed by atoms with Crippen LogP contribution in [-0.2, 0) is 9.47 Å². The fraction of sp³-hybridized carbons (Fsp3) is 1.00. The third-order valence-corrected chi connectivity index (χ3v) is 2.57. The quantitative estimate of drug-likeness (QED) is 0.685. The topological polar surface area (TPSA) is 58.9 Å². The van der Waals surface area contributed by atoms with E-state index in [0.29, 0.717) is 0 Å². The fourth-order valence-corrected chi connectivity index (χ4v) is 1.49. The normalized spacial score (nSPS) is 27.2. The van der Waals surface area contributed by atoms with Crippen molar-refractivity contribution in [2.45, 2.75) is 38.6 Å². The first kappa shape index (κ1) is 11.9. The highest BCUT2D eigenvalue weighted by Gasteiger charge is 2.23. The van der Waals surface area contributed by atoms with Crippen LogP contribution in [0.3, 0.4) is 0 Å². The van der Waals surface area contributed by atoms with Crippen LogP contribution in [0.5, 0.6) is 0 Å². The highest BCUT2D eigenvalue weighted by atomic mass is 16.7. The van der Waals surface area contributed by atoms with Gasteiger partial charge in [0.15, 0.2) is 6.29 Å². The number of ether oxygens (including phenoxy) is 2. The summed E-state index contributed by atoms with van der Waals surface area (Å²) in [7, 11) is 0. The summed E-state index contributed by atoms with van der Waals surface area (Å²) in [5.74, 6) is -0.0504. The van der Waals surface area contributed by atoms with E-state index in [-0.39, 0.29) is 31.5 Å². The molecule has 1 aliphatic heterocycles. The minimum absolute atomic E-state index is 0.0257. The second kappa shape index (κ2) is 6.35. The molecule has 2 N–H and O–H groups in total. The van der Waals surface area contributed by atoms with Gasteiger partial charge in [0.25, 0.3) is 0 Å². The van der Waals surface area contributed by atoms with E-state index in [1.807, 2.05) is 6.92 Å². The third kappa shape index (κ3) is 3.53. The Morgan fingerprint density at radius 3 is 2.64 bits per heavy atom. The number of hydrogen-bond donors (Lipinski definition) is 2. The Morgan fingerprint density at radius 1 is 1.36 bits per heavy atom. The van der Waals surface area contributed by atoms with Gasteiger partial charge in [0.1, 0.15) is 0 Å². The van der Waals surface area contributed by atoms with Crippen LogP contribution in [0, 0.1) is 5.92 Å². The molecule has 3 atom stereocenters. The third-order valence-electron chi connectivity index (χ3n) is 2.57. The minimum atomic E-state index is -0.317. The Kier molecular flexibility index (Phi) is 5.40. The summed E-state index contributed by atoms with van der Waals surface area (Å²) < 4.78 is 11.0. The van der Waals surface area contributed by atoms with Crippen LogP contribution in [0.4, 0.5) is 0 Å². The van der Waals surface area contributed by atoms with E-state index in [1.54, 1.807) is 0 Å². The number of rotatable bonds is 5. The highest BCUT2D eigenvalue weighted by Crippen LogP contribution is 2.18. The van der Waals surface area contributed by atoms with E-state index in [4.69, 9.17) is 19.7 Å². The van der Waals surface area contributed by atoms with Crippen molar-refractivity contribution in [1.29, 1.82) is 0 Å². The monoisotopic (exact) mass is 204 g/mol. The van der Waals surface area contributed by atoms with E-state index in [1.165, 1.54) is 0 Å². The molecule has 0 saturated carbocycles. The van der Waals surface area contributed by atoms with Gasteiger partial charge in [0.05, 0.1) is 12.7 Å². The zero-order chi connectivity index (χ0) is 10.4. The van der Waals surface area contributed by atoms with E-state index < -0.39 is 0 Å². The summed E-state index contributed by atoms with van der Waals surface area (Å²) in [4.78, 5) is 0. The maximum atomic E-state index is 9.07. The SMILES string of the molecule is C[C@H](CO)[C@H](CO)OC1CCCCO1. The van der Waals surface area contributed by atoms with E-state index >= 15 is 0 Å². The van der Waals surface area contributed by atoms with Crippen molar-refractivity contribution in [3.8, 4) is 0 Å². The van der Waals surface area contributed by atoms with Crippen LogP contribution in [0.15, 0.2) is 0 Å². The molecule has 4 heteroatoms. The van der Waals surface area contributed by atoms with Crippen LogP contribution in [0.1, 0.15) is 26.2 Å². The summed E-state index contributed by atoms with van der Waals surface area (Å²) >= 11 is 0. The first-order valence-electron chi connectivity index (χ1n) is 5.26. The standard InChI is InChI=1S/C10H20O4/c1-8(6-11)9(7-12)14-10-4-2-3-5-13-10/h8-12H,2-7H2,1H3/t8-,9+,10?/m1/s1. The van der Waals surface area contributed by atoms with Gasteiger partial charge in [-0.25, -0.2) is 0 Å². The average molecular weight is 204 g/mol. The molecule has 0 spiro atoms. The van der Waals surface area contributed by atoms with Gasteiger partial charge in [0, 0.05) is 19.1 Å². The molecule has 0 aromatic rings. The summed E-state index contributed by atoms with van der Waals surface area (Å²) in [5.41, 5.74) is 0. The Balaban J connectivity index is 2.30. The van der Waals surface area contributed by atoms with Crippen molar-refractivity contribution < 1.29 is 19.7 Å². The van der Waals surface area contributed by atoms with Gasteiger partial charge in [-0.1, -0.05) is 6.92 Å². The molecule has 1 rings (SSSR count). The molecule has 1 unspecified atom stereocenters. The molecule has 1 fully saturated rings. The first-order chi connectivity index (χ1) is 6.77. The lowest BCUT2D eigenvalue weighted by Crippen LogP contribution is -2.35.